The van der Waals surface area contributed by atoms with E-state index in [2.05, 4.69) is 102 Å². The van der Waals surface area contributed by atoms with E-state index >= 15 is 0 Å². The van der Waals surface area contributed by atoms with Gasteiger partial charge in [-0.3, -0.25) is 4.57 Å². The van der Waals surface area contributed by atoms with Crippen LogP contribution in [0.2, 0.25) is 0 Å². The fourth-order valence-corrected chi connectivity index (χ4v) is 8.39. The summed E-state index contributed by atoms with van der Waals surface area (Å²) in [4.78, 5) is 20.7. The van der Waals surface area contributed by atoms with E-state index in [1.54, 1.807) is 0 Å². The summed E-state index contributed by atoms with van der Waals surface area (Å²) >= 11 is 0. The molecule has 8 aromatic carbocycles. The molecule has 7 nitrogen and oxygen atoms in total. The zero-order valence-electron chi connectivity index (χ0n) is 31.5. The summed E-state index contributed by atoms with van der Waals surface area (Å²) in [6.45, 7) is 0. The molecule has 0 amide bonds. The van der Waals surface area contributed by atoms with Gasteiger partial charge in [0.1, 0.15) is 16.7 Å². The van der Waals surface area contributed by atoms with Gasteiger partial charge in [0.2, 0.25) is 11.8 Å². The minimum atomic E-state index is 0.492. The van der Waals surface area contributed by atoms with Gasteiger partial charge in [0.05, 0.1) is 22.2 Å². The van der Waals surface area contributed by atoms with Crippen molar-refractivity contribution >= 4 is 54.8 Å². The lowest BCUT2D eigenvalue weighted by Crippen LogP contribution is -2.06. The SMILES string of the molecule is c1ccc(-c2ccc3c4ccccc4n(-c4nc(-c5ccccc5)nc(-c5cccc6c5oc5c(-c7nc8ccccc8o7)c(-c7ccccc7)ccc56)n4)c3c2)cc1. The van der Waals surface area contributed by atoms with Crippen LogP contribution >= 0.6 is 0 Å². The molecule has 0 saturated heterocycles. The molecule has 0 aliphatic carbocycles. The Morgan fingerprint density at radius 2 is 1.02 bits per heavy atom. The second-order valence-corrected chi connectivity index (χ2v) is 14.6. The Morgan fingerprint density at radius 3 is 1.83 bits per heavy atom. The molecule has 59 heavy (non-hydrogen) atoms. The van der Waals surface area contributed by atoms with Crippen molar-refractivity contribution in [1.29, 1.82) is 0 Å². The quantitative estimate of drug-likeness (QED) is 0.168. The Hall–Kier alpha value is -8.16. The standard InChI is InChI=1S/C52H31N5O2/c1-4-15-32(16-5-1)35-27-28-38-37-21-10-12-25-43(37)57(44(38)31-35)52-55-49(34-19-8-3-9-20-34)54-50(56-52)41-23-14-22-39-40-30-29-36(33-17-6-2-7-18-33)46(48(40)59-47(39)41)51-53-42-24-11-13-26-45(42)58-51/h1-31H. The van der Waals surface area contributed by atoms with Crippen molar-refractivity contribution in [3.8, 4) is 62.4 Å². The number of furan rings is 1. The number of aromatic nitrogens is 5. The third-order valence-electron chi connectivity index (χ3n) is 11.1. The van der Waals surface area contributed by atoms with Crippen molar-refractivity contribution < 1.29 is 8.83 Å². The summed E-state index contributed by atoms with van der Waals surface area (Å²) in [5.74, 6) is 2.06. The lowest BCUT2D eigenvalue weighted by atomic mass is 9.96. The monoisotopic (exact) mass is 757 g/mol. The maximum atomic E-state index is 7.06. The Morgan fingerprint density at radius 1 is 0.373 bits per heavy atom. The van der Waals surface area contributed by atoms with Gasteiger partial charge in [-0.05, 0) is 58.7 Å². The highest BCUT2D eigenvalue weighted by Crippen LogP contribution is 2.44. The number of oxazole rings is 1. The predicted octanol–water partition coefficient (Wildman–Crippen LogP) is 13.3. The second-order valence-electron chi connectivity index (χ2n) is 14.6. The Bertz CT molecular complexity index is 3520. The number of fused-ring (bicyclic) bond motifs is 7. The fraction of sp³-hybridized carbons (Fsp3) is 0. The van der Waals surface area contributed by atoms with Crippen molar-refractivity contribution in [3.05, 3.63) is 188 Å². The Balaban J connectivity index is 1.13. The summed E-state index contributed by atoms with van der Waals surface area (Å²) in [6.07, 6.45) is 0. The molecule has 0 bridgehead atoms. The largest absolute Gasteiger partial charge is 0.454 e. The van der Waals surface area contributed by atoms with E-state index < -0.39 is 0 Å². The molecule has 0 saturated carbocycles. The third kappa shape index (κ3) is 5.36. The molecule has 0 N–H and O–H groups in total. The van der Waals surface area contributed by atoms with E-state index in [4.69, 9.17) is 28.8 Å². The van der Waals surface area contributed by atoms with Gasteiger partial charge in [0, 0.05) is 27.1 Å². The number of hydrogen-bond donors (Lipinski definition) is 0. The van der Waals surface area contributed by atoms with Crippen LogP contribution in [0.3, 0.4) is 0 Å². The number of benzene rings is 8. The second kappa shape index (κ2) is 13.2. The van der Waals surface area contributed by atoms with E-state index in [0.29, 0.717) is 40.2 Å². The zero-order valence-corrected chi connectivity index (χ0v) is 31.5. The van der Waals surface area contributed by atoms with Crippen LogP contribution in [0.25, 0.3) is 117 Å². The molecule has 12 rings (SSSR count). The first-order valence-electron chi connectivity index (χ1n) is 19.6. The highest BCUT2D eigenvalue weighted by molar-refractivity contribution is 6.15. The van der Waals surface area contributed by atoms with Gasteiger partial charge in [0.25, 0.3) is 0 Å². The van der Waals surface area contributed by atoms with Crippen LogP contribution in [-0.4, -0.2) is 24.5 Å². The van der Waals surface area contributed by atoms with Gasteiger partial charge in [-0.1, -0.05) is 152 Å². The summed E-state index contributed by atoms with van der Waals surface area (Å²) in [6, 6.07) is 64.0. The van der Waals surface area contributed by atoms with E-state index in [1.807, 2.05) is 91.0 Å². The maximum absolute atomic E-state index is 7.06. The van der Waals surface area contributed by atoms with E-state index in [1.165, 1.54) is 0 Å². The average molecular weight is 758 g/mol. The van der Waals surface area contributed by atoms with Gasteiger partial charge in [-0.25, -0.2) is 9.97 Å². The number of rotatable bonds is 6. The normalized spacial score (nSPS) is 11.7. The van der Waals surface area contributed by atoms with Crippen molar-refractivity contribution in [2.24, 2.45) is 0 Å². The average Bonchev–Trinajstić information content (AvgIpc) is 4.01. The first kappa shape index (κ1) is 33.0. The number of nitrogens with zero attached hydrogens (tertiary/aromatic N) is 5. The molecule has 4 heterocycles. The smallest absolute Gasteiger partial charge is 0.238 e. The summed E-state index contributed by atoms with van der Waals surface area (Å²) in [5.41, 5.74) is 11.5. The van der Waals surface area contributed by atoms with Crippen molar-refractivity contribution in [2.75, 3.05) is 0 Å². The highest BCUT2D eigenvalue weighted by atomic mass is 16.4. The lowest BCUT2D eigenvalue weighted by Gasteiger charge is -2.11. The molecule has 4 aromatic heterocycles. The molecular formula is C52H31N5O2. The minimum absolute atomic E-state index is 0.492. The molecule has 0 atom stereocenters. The molecule has 0 aliphatic heterocycles. The fourth-order valence-electron chi connectivity index (χ4n) is 8.39. The van der Waals surface area contributed by atoms with E-state index in [0.717, 1.165) is 77.0 Å². The molecule has 0 radical (unpaired) electrons. The molecule has 0 spiro atoms. The topological polar surface area (TPSA) is 82.8 Å². The van der Waals surface area contributed by atoms with Gasteiger partial charge in [-0.15, -0.1) is 0 Å². The molecule has 12 aromatic rings. The predicted molar refractivity (Wildman–Crippen MR) is 236 cm³/mol. The van der Waals surface area contributed by atoms with Crippen molar-refractivity contribution in [3.63, 3.8) is 0 Å². The van der Waals surface area contributed by atoms with Crippen LogP contribution in [0.15, 0.2) is 197 Å². The lowest BCUT2D eigenvalue weighted by molar-refractivity contribution is 0.615. The van der Waals surface area contributed by atoms with Crippen LogP contribution in [0.4, 0.5) is 0 Å². The molecule has 0 aliphatic rings. The summed E-state index contributed by atoms with van der Waals surface area (Å²) in [5, 5.41) is 4.10. The van der Waals surface area contributed by atoms with Gasteiger partial charge in [-0.2, -0.15) is 9.97 Å². The molecule has 0 fully saturated rings. The van der Waals surface area contributed by atoms with Crippen LogP contribution in [0.5, 0.6) is 0 Å². The Kier molecular flexibility index (Phi) is 7.40. The zero-order chi connectivity index (χ0) is 38.9. The van der Waals surface area contributed by atoms with Crippen LogP contribution in [0, 0.1) is 0 Å². The first-order valence-corrected chi connectivity index (χ1v) is 19.6. The van der Waals surface area contributed by atoms with Gasteiger partial charge in [0.15, 0.2) is 17.2 Å². The molecule has 0 unspecified atom stereocenters. The molecule has 276 valence electrons. The minimum Gasteiger partial charge on any atom is -0.454 e. The maximum Gasteiger partial charge on any atom is 0.238 e. The number of hydrogen-bond acceptors (Lipinski definition) is 6. The van der Waals surface area contributed by atoms with Crippen LogP contribution in [-0.2, 0) is 0 Å². The van der Waals surface area contributed by atoms with E-state index in [-0.39, 0.29) is 0 Å². The molecular weight excluding hydrogens is 727 g/mol. The number of para-hydroxylation sites is 4. The summed E-state index contributed by atoms with van der Waals surface area (Å²) in [7, 11) is 0. The summed E-state index contributed by atoms with van der Waals surface area (Å²) < 4.78 is 15.7. The van der Waals surface area contributed by atoms with Gasteiger partial charge < -0.3 is 8.83 Å². The van der Waals surface area contributed by atoms with Crippen LogP contribution < -0.4 is 0 Å². The third-order valence-corrected chi connectivity index (χ3v) is 11.1. The Labute approximate surface area is 337 Å². The highest BCUT2D eigenvalue weighted by Gasteiger charge is 2.25. The first-order chi connectivity index (χ1) is 29.2. The molecule has 7 heteroatoms. The van der Waals surface area contributed by atoms with E-state index in [9.17, 15) is 0 Å². The van der Waals surface area contributed by atoms with Crippen LogP contribution in [0.1, 0.15) is 0 Å². The van der Waals surface area contributed by atoms with Gasteiger partial charge >= 0.3 is 0 Å². The van der Waals surface area contributed by atoms with Crippen molar-refractivity contribution in [2.45, 2.75) is 0 Å². The van der Waals surface area contributed by atoms with Crippen molar-refractivity contribution in [1.82, 2.24) is 24.5 Å².